The standard InChI is InChI=1S/C24H30O4/c1-22(2,3)21(27)28-20-8-7-18-17-6-5-15-13-16(26)9-12-24(15,14-25)19(17)10-11-23(18,20)4/h5-6,13-14,19-20H,7-12H2,1-4H3/t19-,20?,23+,24-/m1/s1. The van der Waals surface area contributed by atoms with E-state index < -0.39 is 10.8 Å². The molecule has 150 valence electrons. The molecule has 0 N–H and O–H groups in total. The largest absolute Gasteiger partial charge is 0.461 e. The third-order valence-corrected chi connectivity index (χ3v) is 7.51. The summed E-state index contributed by atoms with van der Waals surface area (Å²) in [6, 6.07) is 0. The molecule has 1 fully saturated rings. The van der Waals surface area contributed by atoms with E-state index in [1.807, 2.05) is 26.8 Å². The van der Waals surface area contributed by atoms with Crippen LogP contribution in [0.15, 0.2) is 34.9 Å². The van der Waals surface area contributed by atoms with Gasteiger partial charge in [0.2, 0.25) is 0 Å². The summed E-state index contributed by atoms with van der Waals surface area (Å²) in [7, 11) is 0. The Balaban J connectivity index is 1.73. The number of ether oxygens (including phenoxy) is 1. The normalized spacial score (nSPS) is 37.0. The maximum atomic E-state index is 12.5. The van der Waals surface area contributed by atoms with Gasteiger partial charge in [0, 0.05) is 17.8 Å². The minimum Gasteiger partial charge on any atom is -0.461 e. The quantitative estimate of drug-likeness (QED) is 0.521. The number of carbonyl (C=O) groups is 3. The molecular weight excluding hydrogens is 352 g/mol. The predicted molar refractivity (Wildman–Crippen MR) is 106 cm³/mol. The minimum absolute atomic E-state index is 0.104. The van der Waals surface area contributed by atoms with Crippen molar-refractivity contribution in [1.29, 1.82) is 0 Å². The van der Waals surface area contributed by atoms with E-state index in [0.717, 1.165) is 37.5 Å². The Labute approximate surface area is 167 Å². The molecule has 28 heavy (non-hydrogen) atoms. The molecule has 0 aliphatic heterocycles. The molecule has 4 rings (SSSR count). The summed E-state index contributed by atoms with van der Waals surface area (Å²) in [4.78, 5) is 36.7. The molecule has 1 saturated carbocycles. The van der Waals surface area contributed by atoms with Gasteiger partial charge in [-0.1, -0.05) is 24.6 Å². The third kappa shape index (κ3) is 2.67. The number of hydrogen-bond donors (Lipinski definition) is 0. The number of allylic oxidation sites excluding steroid dienone is 5. The summed E-state index contributed by atoms with van der Waals surface area (Å²) >= 11 is 0. The van der Waals surface area contributed by atoms with Crippen molar-refractivity contribution in [1.82, 2.24) is 0 Å². The fourth-order valence-electron chi connectivity index (χ4n) is 5.74. The molecule has 0 saturated heterocycles. The van der Waals surface area contributed by atoms with Crippen LogP contribution >= 0.6 is 0 Å². The van der Waals surface area contributed by atoms with Gasteiger partial charge < -0.3 is 9.53 Å². The number of hydrogen-bond acceptors (Lipinski definition) is 4. The molecule has 0 amide bonds. The van der Waals surface area contributed by atoms with Crippen LogP contribution in [-0.4, -0.2) is 24.1 Å². The van der Waals surface area contributed by atoms with Gasteiger partial charge in [0.15, 0.2) is 5.78 Å². The zero-order valence-electron chi connectivity index (χ0n) is 17.3. The first-order chi connectivity index (χ1) is 13.1. The lowest BCUT2D eigenvalue weighted by Gasteiger charge is -2.49. The van der Waals surface area contributed by atoms with Crippen LogP contribution < -0.4 is 0 Å². The van der Waals surface area contributed by atoms with Crippen molar-refractivity contribution in [3.05, 3.63) is 34.9 Å². The van der Waals surface area contributed by atoms with Gasteiger partial charge >= 0.3 is 5.97 Å². The monoisotopic (exact) mass is 382 g/mol. The van der Waals surface area contributed by atoms with E-state index >= 15 is 0 Å². The lowest BCUT2D eigenvalue weighted by Crippen LogP contribution is -2.45. The second-order valence-corrected chi connectivity index (χ2v) is 10.2. The zero-order chi connectivity index (χ0) is 20.3. The SMILES string of the molecule is CC(C)(C)C(=O)OC1CCC2=C3C=CC4=CC(=O)CC[C@]4(C=O)[C@@H]3CC[C@@]21C. The van der Waals surface area contributed by atoms with Crippen LogP contribution in [0.3, 0.4) is 0 Å². The lowest BCUT2D eigenvalue weighted by molar-refractivity contribution is -0.163. The van der Waals surface area contributed by atoms with Gasteiger partial charge in [0.05, 0.1) is 10.8 Å². The van der Waals surface area contributed by atoms with Crippen LogP contribution in [-0.2, 0) is 19.1 Å². The number of rotatable bonds is 2. The summed E-state index contributed by atoms with van der Waals surface area (Å²) in [6.45, 7) is 7.88. The molecule has 0 heterocycles. The van der Waals surface area contributed by atoms with Crippen LogP contribution in [0.4, 0.5) is 0 Å². The van der Waals surface area contributed by atoms with E-state index in [9.17, 15) is 14.4 Å². The van der Waals surface area contributed by atoms with Crippen molar-refractivity contribution in [3.63, 3.8) is 0 Å². The second-order valence-electron chi connectivity index (χ2n) is 10.2. The van der Waals surface area contributed by atoms with Crippen molar-refractivity contribution in [2.45, 2.75) is 72.3 Å². The fourth-order valence-corrected chi connectivity index (χ4v) is 5.74. The van der Waals surface area contributed by atoms with Crippen LogP contribution in [0.5, 0.6) is 0 Å². The topological polar surface area (TPSA) is 60.4 Å². The minimum atomic E-state index is -0.563. The van der Waals surface area contributed by atoms with Gasteiger partial charge in [-0.25, -0.2) is 0 Å². The van der Waals surface area contributed by atoms with Gasteiger partial charge in [0.25, 0.3) is 0 Å². The van der Waals surface area contributed by atoms with Crippen LogP contribution in [0.2, 0.25) is 0 Å². The third-order valence-electron chi connectivity index (χ3n) is 7.51. The highest BCUT2D eigenvalue weighted by Gasteiger charge is 2.55. The molecule has 0 aromatic rings. The Morgan fingerprint density at radius 2 is 1.93 bits per heavy atom. The maximum absolute atomic E-state index is 12.5. The molecule has 0 radical (unpaired) electrons. The smallest absolute Gasteiger partial charge is 0.311 e. The van der Waals surface area contributed by atoms with Gasteiger partial charge in [-0.2, -0.15) is 0 Å². The fraction of sp³-hybridized carbons (Fsp3) is 0.625. The predicted octanol–water partition coefficient (Wildman–Crippen LogP) is 4.50. The summed E-state index contributed by atoms with van der Waals surface area (Å²) in [6.07, 6.45) is 11.3. The molecule has 0 bridgehead atoms. The zero-order valence-corrected chi connectivity index (χ0v) is 17.3. The molecule has 0 aromatic carbocycles. The van der Waals surface area contributed by atoms with E-state index in [0.29, 0.717) is 12.8 Å². The molecule has 0 aromatic heterocycles. The molecular formula is C24H30O4. The first kappa shape index (κ1) is 19.4. The highest BCUT2D eigenvalue weighted by atomic mass is 16.5. The van der Waals surface area contributed by atoms with E-state index in [1.165, 1.54) is 11.1 Å². The van der Waals surface area contributed by atoms with E-state index in [2.05, 4.69) is 13.0 Å². The van der Waals surface area contributed by atoms with Crippen LogP contribution in [0.25, 0.3) is 0 Å². The lowest BCUT2D eigenvalue weighted by atomic mass is 9.54. The maximum Gasteiger partial charge on any atom is 0.311 e. The van der Waals surface area contributed by atoms with Crippen molar-refractivity contribution >= 4 is 18.0 Å². The van der Waals surface area contributed by atoms with E-state index in [4.69, 9.17) is 4.74 Å². The van der Waals surface area contributed by atoms with Crippen LogP contribution in [0, 0.1) is 22.2 Å². The summed E-state index contributed by atoms with van der Waals surface area (Å²) in [5, 5.41) is 0. The molecule has 1 unspecified atom stereocenters. The Morgan fingerprint density at radius 3 is 2.61 bits per heavy atom. The first-order valence-corrected chi connectivity index (χ1v) is 10.5. The van der Waals surface area contributed by atoms with Crippen molar-refractivity contribution in [2.24, 2.45) is 22.2 Å². The van der Waals surface area contributed by atoms with Gasteiger partial charge in [-0.05, 0) is 70.1 Å². The molecule has 4 heteroatoms. The van der Waals surface area contributed by atoms with E-state index in [-0.39, 0.29) is 29.2 Å². The average Bonchev–Trinajstić information content (AvgIpc) is 2.97. The molecule has 4 nitrogen and oxygen atoms in total. The molecule has 0 spiro atoms. The Hall–Kier alpha value is -1.97. The Bertz CT molecular complexity index is 837. The molecule has 4 aliphatic rings. The van der Waals surface area contributed by atoms with Gasteiger partial charge in [-0.15, -0.1) is 0 Å². The van der Waals surface area contributed by atoms with Crippen molar-refractivity contribution < 1.29 is 19.1 Å². The van der Waals surface area contributed by atoms with Gasteiger partial charge in [0.1, 0.15) is 12.4 Å². The Kier molecular flexibility index (Phi) is 4.33. The molecule has 4 atom stereocenters. The summed E-state index contributed by atoms with van der Waals surface area (Å²) < 4.78 is 5.98. The summed E-state index contributed by atoms with van der Waals surface area (Å²) in [5.74, 6) is 0.102. The molecule has 4 aliphatic carbocycles. The number of ketones is 1. The Morgan fingerprint density at radius 1 is 1.18 bits per heavy atom. The number of aldehydes is 1. The average molecular weight is 383 g/mol. The van der Waals surface area contributed by atoms with Crippen molar-refractivity contribution in [2.75, 3.05) is 0 Å². The summed E-state index contributed by atoms with van der Waals surface area (Å²) in [5.41, 5.74) is 2.25. The number of fused-ring (bicyclic) bond motifs is 4. The van der Waals surface area contributed by atoms with Crippen LogP contribution in [0.1, 0.15) is 66.2 Å². The van der Waals surface area contributed by atoms with Gasteiger partial charge in [-0.3, -0.25) is 9.59 Å². The number of carbonyl (C=O) groups excluding carboxylic acids is 3. The highest BCUT2D eigenvalue weighted by Crippen LogP contribution is 2.61. The second kappa shape index (κ2) is 6.27. The van der Waals surface area contributed by atoms with E-state index in [1.54, 1.807) is 6.08 Å². The first-order valence-electron chi connectivity index (χ1n) is 10.5. The number of esters is 1. The highest BCUT2D eigenvalue weighted by molar-refractivity contribution is 5.94. The van der Waals surface area contributed by atoms with Crippen molar-refractivity contribution in [3.8, 4) is 0 Å².